The Bertz CT molecular complexity index is 783. The van der Waals surface area contributed by atoms with E-state index in [1.807, 2.05) is 50.2 Å². The van der Waals surface area contributed by atoms with Crippen molar-refractivity contribution in [3.8, 4) is 0 Å². The predicted molar refractivity (Wildman–Crippen MR) is 124 cm³/mol. The number of carbonyl (C=O) groups is 1. The first-order valence-corrected chi connectivity index (χ1v) is 8.97. The van der Waals surface area contributed by atoms with Gasteiger partial charge in [0.25, 0.3) is 5.91 Å². The van der Waals surface area contributed by atoms with Gasteiger partial charge in [-0.3, -0.25) is 4.79 Å². The molecule has 5 nitrogen and oxygen atoms in total. The minimum absolute atomic E-state index is 0. The molecular weight excluding hydrogens is 451 g/mol. The largest absolute Gasteiger partial charge is 0.370 e. The Morgan fingerprint density at radius 3 is 2.22 bits per heavy atom. The standard InChI is InChI=1S/C21H28N4O.HI/c1-5-25(6-2)20(26)18-10-8-17(9-11-18)14-23-21(22)24-19-12-7-15(3)16(4)13-19;/h7-13H,5-6,14H2,1-4H3,(H3,22,23,24);1H. The molecule has 0 fully saturated rings. The normalized spacial score (nSPS) is 10.9. The number of anilines is 1. The van der Waals surface area contributed by atoms with Crippen LogP contribution < -0.4 is 11.1 Å². The number of guanidine groups is 1. The van der Waals surface area contributed by atoms with Crippen LogP contribution in [0, 0.1) is 13.8 Å². The topological polar surface area (TPSA) is 70.7 Å². The number of amides is 1. The first kappa shape index (κ1) is 23.0. The fourth-order valence-electron chi connectivity index (χ4n) is 2.63. The van der Waals surface area contributed by atoms with E-state index in [2.05, 4.69) is 30.2 Å². The summed E-state index contributed by atoms with van der Waals surface area (Å²) in [6, 6.07) is 13.6. The van der Waals surface area contributed by atoms with Gasteiger partial charge in [0.05, 0.1) is 6.54 Å². The van der Waals surface area contributed by atoms with Gasteiger partial charge in [0.2, 0.25) is 0 Å². The van der Waals surface area contributed by atoms with Crippen LogP contribution in [0.5, 0.6) is 0 Å². The summed E-state index contributed by atoms with van der Waals surface area (Å²) in [6.07, 6.45) is 0. The van der Waals surface area contributed by atoms with Crippen molar-refractivity contribution < 1.29 is 4.79 Å². The van der Waals surface area contributed by atoms with Crippen molar-refractivity contribution in [1.29, 1.82) is 0 Å². The third-order valence-corrected chi connectivity index (χ3v) is 4.46. The lowest BCUT2D eigenvalue weighted by Gasteiger charge is -2.18. The molecule has 27 heavy (non-hydrogen) atoms. The quantitative estimate of drug-likeness (QED) is 0.368. The molecule has 1 amide bonds. The van der Waals surface area contributed by atoms with Crippen molar-refractivity contribution in [2.24, 2.45) is 10.7 Å². The first-order valence-electron chi connectivity index (χ1n) is 8.97. The highest BCUT2D eigenvalue weighted by molar-refractivity contribution is 14.0. The third kappa shape index (κ3) is 6.53. The summed E-state index contributed by atoms with van der Waals surface area (Å²) in [6.45, 7) is 9.99. The van der Waals surface area contributed by atoms with Crippen LogP contribution in [-0.4, -0.2) is 29.9 Å². The molecule has 0 saturated heterocycles. The minimum Gasteiger partial charge on any atom is -0.370 e. The number of nitrogens with zero attached hydrogens (tertiary/aromatic N) is 2. The van der Waals surface area contributed by atoms with Crippen LogP contribution in [-0.2, 0) is 6.54 Å². The number of hydrogen-bond acceptors (Lipinski definition) is 2. The molecule has 0 atom stereocenters. The van der Waals surface area contributed by atoms with Crippen LogP contribution in [0.1, 0.15) is 40.9 Å². The summed E-state index contributed by atoms with van der Waals surface area (Å²) in [4.78, 5) is 18.5. The van der Waals surface area contributed by atoms with E-state index >= 15 is 0 Å². The van der Waals surface area contributed by atoms with E-state index in [-0.39, 0.29) is 29.9 Å². The fourth-order valence-corrected chi connectivity index (χ4v) is 2.63. The van der Waals surface area contributed by atoms with E-state index in [0.717, 1.165) is 11.3 Å². The number of nitrogens with two attached hydrogens (primary N) is 1. The summed E-state index contributed by atoms with van der Waals surface area (Å²) in [5.41, 5.74) is 11.0. The lowest BCUT2D eigenvalue weighted by atomic mass is 10.1. The van der Waals surface area contributed by atoms with Crippen molar-refractivity contribution in [2.75, 3.05) is 18.4 Å². The van der Waals surface area contributed by atoms with E-state index in [1.165, 1.54) is 11.1 Å². The van der Waals surface area contributed by atoms with E-state index in [4.69, 9.17) is 5.73 Å². The van der Waals surface area contributed by atoms with E-state index in [9.17, 15) is 4.79 Å². The molecule has 0 aliphatic heterocycles. The Balaban J connectivity index is 0.00000364. The number of halogens is 1. The SMILES string of the molecule is CCN(CC)C(=O)c1ccc(CN=C(N)Nc2ccc(C)c(C)c2)cc1.I. The summed E-state index contributed by atoms with van der Waals surface area (Å²) >= 11 is 0. The maximum atomic E-state index is 12.3. The van der Waals surface area contributed by atoms with Gasteiger partial charge >= 0.3 is 0 Å². The molecule has 0 bridgehead atoms. The van der Waals surface area contributed by atoms with Crippen molar-refractivity contribution in [2.45, 2.75) is 34.2 Å². The minimum atomic E-state index is 0. The van der Waals surface area contributed by atoms with Crippen LogP contribution in [0.2, 0.25) is 0 Å². The van der Waals surface area contributed by atoms with Gasteiger partial charge in [-0.05, 0) is 68.7 Å². The highest BCUT2D eigenvalue weighted by atomic mass is 127. The molecule has 0 aliphatic carbocycles. The number of rotatable bonds is 6. The zero-order valence-electron chi connectivity index (χ0n) is 16.5. The molecule has 146 valence electrons. The Morgan fingerprint density at radius 1 is 1.04 bits per heavy atom. The average Bonchev–Trinajstić information content (AvgIpc) is 2.64. The summed E-state index contributed by atoms with van der Waals surface area (Å²) in [5.74, 6) is 0.428. The van der Waals surface area contributed by atoms with Crippen molar-refractivity contribution in [1.82, 2.24) is 4.90 Å². The third-order valence-electron chi connectivity index (χ3n) is 4.46. The maximum Gasteiger partial charge on any atom is 0.253 e. The van der Waals surface area contributed by atoms with Gasteiger partial charge < -0.3 is 16.0 Å². The Kier molecular flexibility index (Phi) is 9.28. The monoisotopic (exact) mass is 480 g/mol. The smallest absolute Gasteiger partial charge is 0.253 e. The van der Waals surface area contributed by atoms with Crippen LogP contribution in [0.15, 0.2) is 47.5 Å². The molecule has 0 heterocycles. The molecule has 3 N–H and O–H groups in total. The Morgan fingerprint density at radius 2 is 1.67 bits per heavy atom. The molecule has 0 radical (unpaired) electrons. The zero-order chi connectivity index (χ0) is 19.1. The second kappa shape index (κ2) is 10.9. The first-order chi connectivity index (χ1) is 12.4. The highest BCUT2D eigenvalue weighted by Crippen LogP contribution is 2.14. The molecule has 6 heteroatoms. The summed E-state index contributed by atoms with van der Waals surface area (Å²) < 4.78 is 0. The molecule has 0 unspecified atom stereocenters. The zero-order valence-corrected chi connectivity index (χ0v) is 18.8. The summed E-state index contributed by atoms with van der Waals surface area (Å²) in [7, 11) is 0. The number of aryl methyl sites for hydroxylation is 2. The van der Waals surface area contributed by atoms with Crippen molar-refractivity contribution >= 4 is 41.5 Å². The second-order valence-corrected chi connectivity index (χ2v) is 6.30. The molecule has 0 aromatic heterocycles. The predicted octanol–water partition coefficient (Wildman–Crippen LogP) is 4.33. The molecule has 2 rings (SSSR count). The number of benzene rings is 2. The number of aliphatic imine (C=N–C) groups is 1. The number of hydrogen-bond donors (Lipinski definition) is 2. The Labute approximate surface area is 179 Å². The van der Waals surface area contributed by atoms with Gasteiger partial charge in [-0.2, -0.15) is 0 Å². The van der Waals surface area contributed by atoms with Gasteiger partial charge in [-0.15, -0.1) is 24.0 Å². The summed E-state index contributed by atoms with van der Waals surface area (Å²) in [5, 5.41) is 3.11. The van der Waals surface area contributed by atoms with Crippen LogP contribution in [0.25, 0.3) is 0 Å². The van der Waals surface area contributed by atoms with Crippen LogP contribution in [0.3, 0.4) is 0 Å². The lowest BCUT2D eigenvalue weighted by Crippen LogP contribution is -2.30. The molecule has 0 saturated carbocycles. The van der Waals surface area contributed by atoms with Gasteiger partial charge in [0, 0.05) is 24.3 Å². The van der Waals surface area contributed by atoms with Crippen molar-refractivity contribution in [3.63, 3.8) is 0 Å². The van der Waals surface area contributed by atoms with E-state index in [1.54, 1.807) is 4.90 Å². The van der Waals surface area contributed by atoms with Gasteiger partial charge in [-0.1, -0.05) is 18.2 Å². The fraction of sp³-hybridized carbons (Fsp3) is 0.333. The van der Waals surface area contributed by atoms with E-state index < -0.39 is 0 Å². The van der Waals surface area contributed by atoms with Gasteiger partial charge in [0.1, 0.15) is 0 Å². The second-order valence-electron chi connectivity index (χ2n) is 6.30. The number of carbonyl (C=O) groups excluding carboxylic acids is 1. The average molecular weight is 480 g/mol. The van der Waals surface area contributed by atoms with Crippen LogP contribution >= 0.6 is 24.0 Å². The molecule has 0 aliphatic rings. The maximum absolute atomic E-state index is 12.3. The number of nitrogens with one attached hydrogen (secondary N) is 1. The Hall–Kier alpha value is -2.09. The molecular formula is C21H29IN4O. The van der Waals surface area contributed by atoms with Gasteiger partial charge in [-0.25, -0.2) is 4.99 Å². The van der Waals surface area contributed by atoms with Gasteiger partial charge in [0.15, 0.2) is 5.96 Å². The van der Waals surface area contributed by atoms with Crippen LogP contribution in [0.4, 0.5) is 5.69 Å². The molecule has 2 aromatic carbocycles. The molecule has 2 aromatic rings. The van der Waals surface area contributed by atoms with Crippen molar-refractivity contribution in [3.05, 3.63) is 64.7 Å². The molecule has 0 spiro atoms. The lowest BCUT2D eigenvalue weighted by molar-refractivity contribution is 0.0773. The highest BCUT2D eigenvalue weighted by Gasteiger charge is 2.11. The van der Waals surface area contributed by atoms with E-state index in [0.29, 0.717) is 31.2 Å².